The number of halogens is 3. The first-order valence-electron chi connectivity index (χ1n) is 6.62. The van der Waals surface area contributed by atoms with Gasteiger partial charge in [0.15, 0.2) is 0 Å². The van der Waals surface area contributed by atoms with Gasteiger partial charge in [-0.3, -0.25) is 5.41 Å². The molecule has 0 bridgehead atoms. The highest BCUT2D eigenvalue weighted by Crippen LogP contribution is 2.21. The van der Waals surface area contributed by atoms with Crippen LogP contribution in [0.1, 0.15) is 12.0 Å². The standard InChI is InChI=1S/C16H17Cl2N3.ClH/c17-13-3-1-12(2-4-13)11-21(10-9-16(19)20)15-7-5-14(18)6-8-15;/h1-8H,9-11H2,(H3,19,20);1H. The maximum absolute atomic E-state index is 7.40. The summed E-state index contributed by atoms with van der Waals surface area (Å²) in [6.45, 7) is 1.41. The van der Waals surface area contributed by atoms with Crippen molar-refractivity contribution in [2.45, 2.75) is 13.0 Å². The highest BCUT2D eigenvalue weighted by molar-refractivity contribution is 6.30. The molecule has 2 aromatic rings. The van der Waals surface area contributed by atoms with Gasteiger partial charge in [0.25, 0.3) is 0 Å². The van der Waals surface area contributed by atoms with Gasteiger partial charge in [0.05, 0.1) is 5.84 Å². The summed E-state index contributed by atoms with van der Waals surface area (Å²) < 4.78 is 0. The highest BCUT2D eigenvalue weighted by Gasteiger charge is 2.08. The molecule has 0 atom stereocenters. The molecule has 3 N–H and O–H groups in total. The van der Waals surface area contributed by atoms with E-state index in [0.717, 1.165) is 22.8 Å². The van der Waals surface area contributed by atoms with E-state index in [-0.39, 0.29) is 18.2 Å². The average Bonchev–Trinajstić information content (AvgIpc) is 2.46. The number of nitrogens with zero attached hydrogens (tertiary/aromatic N) is 1. The summed E-state index contributed by atoms with van der Waals surface area (Å²) in [5.41, 5.74) is 7.68. The lowest BCUT2D eigenvalue weighted by atomic mass is 10.2. The predicted molar refractivity (Wildman–Crippen MR) is 97.7 cm³/mol. The van der Waals surface area contributed by atoms with Gasteiger partial charge in [0.2, 0.25) is 0 Å². The Morgan fingerprint density at radius 2 is 1.45 bits per heavy atom. The van der Waals surface area contributed by atoms with Crippen molar-refractivity contribution in [2.24, 2.45) is 5.73 Å². The Morgan fingerprint density at radius 3 is 1.95 bits per heavy atom. The molecule has 0 saturated heterocycles. The third kappa shape index (κ3) is 5.76. The van der Waals surface area contributed by atoms with Crippen molar-refractivity contribution in [3.63, 3.8) is 0 Å². The number of hydrogen-bond acceptors (Lipinski definition) is 2. The van der Waals surface area contributed by atoms with E-state index in [9.17, 15) is 0 Å². The second kappa shape index (κ2) is 8.89. The Bertz CT molecular complexity index is 597. The Balaban J connectivity index is 0.00000242. The van der Waals surface area contributed by atoms with Crippen molar-refractivity contribution < 1.29 is 0 Å². The van der Waals surface area contributed by atoms with Gasteiger partial charge in [0.1, 0.15) is 0 Å². The molecule has 0 saturated carbocycles. The maximum atomic E-state index is 7.40. The normalized spacial score (nSPS) is 9.91. The number of nitrogens with one attached hydrogen (secondary N) is 1. The van der Waals surface area contributed by atoms with Crippen LogP contribution in [0.3, 0.4) is 0 Å². The van der Waals surface area contributed by atoms with Crippen molar-refractivity contribution in [1.29, 1.82) is 5.41 Å². The lowest BCUT2D eigenvalue weighted by Gasteiger charge is -2.25. The summed E-state index contributed by atoms with van der Waals surface area (Å²) in [7, 11) is 0. The van der Waals surface area contributed by atoms with Crippen LogP contribution in [0, 0.1) is 5.41 Å². The molecule has 0 heterocycles. The molecule has 0 aliphatic rings. The zero-order valence-corrected chi connectivity index (χ0v) is 14.3. The molecule has 118 valence electrons. The Hall–Kier alpha value is -1.42. The van der Waals surface area contributed by atoms with Gasteiger partial charge in [-0.15, -0.1) is 12.4 Å². The maximum Gasteiger partial charge on any atom is 0.0923 e. The minimum atomic E-state index is 0. The smallest absolute Gasteiger partial charge is 0.0923 e. The van der Waals surface area contributed by atoms with Crippen LogP contribution in [-0.4, -0.2) is 12.4 Å². The van der Waals surface area contributed by atoms with Crippen LogP contribution < -0.4 is 10.6 Å². The summed E-state index contributed by atoms with van der Waals surface area (Å²) in [5, 5.41) is 8.83. The predicted octanol–water partition coefficient (Wildman–Crippen LogP) is 4.75. The Labute approximate surface area is 146 Å². The molecule has 22 heavy (non-hydrogen) atoms. The first kappa shape index (κ1) is 18.6. The lowest BCUT2D eigenvalue weighted by Crippen LogP contribution is -2.27. The van der Waals surface area contributed by atoms with Crippen molar-refractivity contribution in [3.05, 3.63) is 64.1 Å². The van der Waals surface area contributed by atoms with E-state index in [2.05, 4.69) is 4.90 Å². The monoisotopic (exact) mass is 357 g/mol. The van der Waals surface area contributed by atoms with Gasteiger partial charge in [0, 0.05) is 35.2 Å². The number of rotatable bonds is 6. The van der Waals surface area contributed by atoms with Gasteiger partial charge in [-0.1, -0.05) is 35.3 Å². The summed E-state index contributed by atoms with van der Waals surface area (Å²) in [5.74, 6) is 0.185. The summed E-state index contributed by atoms with van der Waals surface area (Å²) in [4.78, 5) is 2.17. The molecule has 2 aromatic carbocycles. The van der Waals surface area contributed by atoms with Crippen LogP contribution in [0.5, 0.6) is 0 Å². The van der Waals surface area contributed by atoms with Crippen LogP contribution in [0.4, 0.5) is 5.69 Å². The minimum absolute atomic E-state index is 0. The van der Waals surface area contributed by atoms with Gasteiger partial charge < -0.3 is 10.6 Å². The highest BCUT2D eigenvalue weighted by atomic mass is 35.5. The van der Waals surface area contributed by atoms with Crippen molar-refractivity contribution in [1.82, 2.24) is 0 Å². The molecule has 0 unspecified atom stereocenters. The second-order valence-electron chi connectivity index (χ2n) is 4.80. The Morgan fingerprint density at radius 1 is 0.955 bits per heavy atom. The molecule has 2 rings (SSSR count). The van der Waals surface area contributed by atoms with E-state index in [1.54, 1.807) is 0 Å². The lowest BCUT2D eigenvalue weighted by molar-refractivity contribution is 0.802. The molecule has 0 amide bonds. The molecular weight excluding hydrogens is 341 g/mol. The van der Waals surface area contributed by atoms with Gasteiger partial charge in [-0.05, 0) is 42.0 Å². The van der Waals surface area contributed by atoms with E-state index in [4.69, 9.17) is 34.3 Å². The molecule has 3 nitrogen and oxygen atoms in total. The number of nitrogens with two attached hydrogens (primary N) is 1. The molecule has 0 aliphatic heterocycles. The van der Waals surface area contributed by atoms with Crippen LogP contribution in [0.15, 0.2) is 48.5 Å². The zero-order valence-electron chi connectivity index (χ0n) is 11.9. The summed E-state index contributed by atoms with van der Waals surface area (Å²) in [6, 6.07) is 15.4. The topological polar surface area (TPSA) is 53.1 Å². The number of hydrogen-bond donors (Lipinski definition) is 2. The van der Waals surface area contributed by atoms with Crippen molar-refractivity contribution in [2.75, 3.05) is 11.4 Å². The molecule has 0 aliphatic carbocycles. The number of amidine groups is 1. The molecule has 0 fully saturated rings. The van der Waals surface area contributed by atoms with E-state index >= 15 is 0 Å². The van der Waals surface area contributed by atoms with Gasteiger partial charge in [-0.25, -0.2) is 0 Å². The van der Waals surface area contributed by atoms with Crippen LogP contribution >= 0.6 is 35.6 Å². The largest absolute Gasteiger partial charge is 0.388 e. The SMILES string of the molecule is Cl.N=C(N)CCN(Cc1ccc(Cl)cc1)c1ccc(Cl)cc1. The first-order valence-corrected chi connectivity index (χ1v) is 7.38. The first-order chi connectivity index (χ1) is 10.0. The van der Waals surface area contributed by atoms with Gasteiger partial charge >= 0.3 is 0 Å². The van der Waals surface area contributed by atoms with Gasteiger partial charge in [-0.2, -0.15) is 0 Å². The fourth-order valence-corrected chi connectivity index (χ4v) is 2.27. The van der Waals surface area contributed by atoms with E-state index < -0.39 is 0 Å². The summed E-state index contributed by atoms with van der Waals surface area (Å²) >= 11 is 11.8. The van der Waals surface area contributed by atoms with Crippen LogP contribution in [-0.2, 0) is 6.54 Å². The Kier molecular flexibility index (Phi) is 7.52. The van der Waals surface area contributed by atoms with Crippen molar-refractivity contribution >= 4 is 47.1 Å². The van der Waals surface area contributed by atoms with Crippen molar-refractivity contribution in [3.8, 4) is 0 Å². The number of anilines is 1. The van der Waals surface area contributed by atoms with Crippen LogP contribution in [0.2, 0.25) is 10.0 Å². The van der Waals surface area contributed by atoms with E-state index in [1.165, 1.54) is 0 Å². The average molecular weight is 359 g/mol. The molecule has 0 radical (unpaired) electrons. The number of benzene rings is 2. The third-order valence-corrected chi connectivity index (χ3v) is 3.63. The molecular formula is C16H18Cl3N3. The zero-order chi connectivity index (χ0) is 15.2. The third-order valence-electron chi connectivity index (χ3n) is 3.13. The molecule has 0 aromatic heterocycles. The minimum Gasteiger partial charge on any atom is -0.388 e. The quantitative estimate of drug-likeness (QED) is 0.578. The second-order valence-corrected chi connectivity index (χ2v) is 5.67. The van der Waals surface area contributed by atoms with E-state index in [1.807, 2.05) is 48.5 Å². The molecule has 0 spiro atoms. The fraction of sp³-hybridized carbons (Fsp3) is 0.188. The fourth-order valence-electron chi connectivity index (χ4n) is 2.02. The van der Waals surface area contributed by atoms with E-state index in [0.29, 0.717) is 18.0 Å². The summed E-state index contributed by atoms with van der Waals surface area (Å²) in [6.07, 6.45) is 0.524. The molecule has 6 heteroatoms. The van der Waals surface area contributed by atoms with Crippen LogP contribution in [0.25, 0.3) is 0 Å².